The minimum atomic E-state index is -0.837. The fourth-order valence-corrected chi connectivity index (χ4v) is 1.87. The van der Waals surface area contributed by atoms with Crippen molar-refractivity contribution in [3.8, 4) is 11.3 Å². The van der Waals surface area contributed by atoms with Crippen LogP contribution < -0.4 is 0 Å². The van der Waals surface area contributed by atoms with E-state index in [0.717, 1.165) is 16.8 Å². The maximum atomic E-state index is 10.6. The first kappa shape index (κ1) is 12.3. The zero-order valence-electron chi connectivity index (χ0n) is 10.5. The second-order valence-corrected chi connectivity index (χ2v) is 4.44. The van der Waals surface area contributed by atoms with E-state index in [9.17, 15) is 4.79 Å². The van der Waals surface area contributed by atoms with Gasteiger partial charge in [-0.05, 0) is 37.1 Å². The average molecular weight is 241 g/mol. The maximum absolute atomic E-state index is 10.6. The zero-order valence-corrected chi connectivity index (χ0v) is 10.5. The summed E-state index contributed by atoms with van der Waals surface area (Å²) in [5.41, 5.74) is 5.05. The van der Waals surface area contributed by atoms with Gasteiger partial charge in [0.15, 0.2) is 0 Å². The highest BCUT2D eigenvalue weighted by Crippen LogP contribution is 2.22. The van der Waals surface area contributed by atoms with Gasteiger partial charge in [-0.25, -0.2) is 0 Å². The van der Waals surface area contributed by atoms with Gasteiger partial charge in [-0.1, -0.05) is 23.8 Å². The molecule has 3 heteroatoms. The summed E-state index contributed by atoms with van der Waals surface area (Å²) in [5, 5.41) is 8.71. The van der Waals surface area contributed by atoms with Crippen molar-refractivity contribution >= 4 is 5.97 Å². The van der Waals surface area contributed by atoms with E-state index in [1.54, 1.807) is 6.20 Å². The maximum Gasteiger partial charge on any atom is 0.307 e. The molecule has 0 atom stereocenters. The van der Waals surface area contributed by atoms with E-state index in [1.807, 2.05) is 26.0 Å². The van der Waals surface area contributed by atoms with Crippen molar-refractivity contribution in [2.24, 2.45) is 0 Å². The van der Waals surface area contributed by atoms with Crippen LogP contribution in [0, 0.1) is 13.8 Å². The average Bonchev–Trinajstić information content (AvgIpc) is 2.33. The summed E-state index contributed by atoms with van der Waals surface area (Å²) in [7, 11) is 0. The quantitative estimate of drug-likeness (QED) is 0.898. The minimum absolute atomic E-state index is 0.0140. The van der Waals surface area contributed by atoms with Gasteiger partial charge in [0.2, 0.25) is 0 Å². The number of hydrogen-bond acceptors (Lipinski definition) is 2. The van der Waals surface area contributed by atoms with Crippen LogP contribution in [0.1, 0.15) is 16.7 Å². The third-order valence-corrected chi connectivity index (χ3v) is 2.85. The van der Waals surface area contributed by atoms with Crippen LogP contribution in [0.2, 0.25) is 0 Å². The number of hydrogen-bond donors (Lipinski definition) is 1. The summed E-state index contributed by atoms with van der Waals surface area (Å²) in [6.45, 7) is 4.09. The Kier molecular flexibility index (Phi) is 3.42. The molecule has 0 aliphatic rings. The van der Waals surface area contributed by atoms with Crippen molar-refractivity contribution in [1.29, 1.82) is 0 Å². The summed E-state index contributed by atoms with van der Waals surface area (Å²) in [4.78, 5) is 14.9. The Labute approximate surface area is 106 Å². The van der Waals surface area contributed by atoms with Crippen molar-refractivity contribution in [1.82, 2.24) is 4.98 Å². The topological polar surface area (TPSA) is 50.2 Å². The van der Waals surface area contributed by atoms with Gasteiger partial charge in [-0.2, -0.15) is 0 Å². The Morgan fingerprint density at radius 1 is 1.22 bits per heavy atom. The van der Waals surface area contributed by atoms with E-state index in [0.29, 0.717) is 0 Å². The first-order chi connectivity index (χ1) is 8.56. The molecule has 92 valence electrons. The number of rotatable bonds is 3. The molecule has 2 aromatic rings. The number of benzene rings is 1. The lowest BCUT2D eigenvalue weighted by Crippen LogP contribution is -2.00. The largest absolute Gasteiger partial charge is 0.481 e. The number of aryl methyl sites for hydroxylation is 2. The van der Waals surface area contributed by atoms with Gasteiger partial charge >= 0.3 is 5.97 Å². The molecule has 1 heterocycles. The Hall–Kier alpha value is -2.16. The zero-order chi connectivity index (χ0) is 13.1. The number of carbonyl (C=O) groups is 1. The summed E-state index contributed by atoms with van der Waals surface area (Å²) in [6.07, 6.45) is 1.64. The predicted molar refractivity (Wildman–Crippen MR) is 70.5 cm³/mol. The van der Waals surface area contributed by atoms with Gasteiger partial charge in [-0.3, -0.25) is 9.78 Å². The van der Waals surface area contributed by atoms with E-state index >= 15 is 0 Å². The van der Waals surface area contributed by atoms with Gasteiger partial charge < -0.3 is 5.11 Å². The van der Waals surface area contributed by atoms with Gasteiger partial charge in [0, 0.05) is 11.8 Å². The van der Waals surface area contributed by atoms with Gasteiger partial charge in [-0.15, -0.1) is 0 Å². The number of carboxylic acids is 1. The van der Waals surface area contributed by atoms with Crippen LogP contribution >= 0.6 is 0 Å². The Morgan fingerprint density at radius 2 is 2.00 bits per heavy atom. The normalized spacial score (nSPS) is 10.3. The third-order valence-electron chi connectivity index (χ3n) is 2.85. The van der Waals surface area contributed by atoms with Gasteiger partial charge in [0.25, 0.3) is 0 Å². The lowest BCUT2D eigenvalue weighted by Gasteiger charge is -2.07. The minimum Gasteiger partial charge on any atom is -0.481 e. The molecular weight excluding hydrogens is 226 g/mol. The second-order valence-electron chi connectivity index (χ2n) is 4.44. The SMILES string of the molecule is Cc1ccc(C)c(-c2ccc(CC(=O)O)cn2)c1. The van der Waals surface area contributed by atoms with Crippen molar-refractivity contribution in [3.05, 3.63) is 53.2 Å². The fraction of sp³-hybridized carbons (Fsp3) is 0.200. The molecule has 0 saturated carbocycles. The smallest absolute Gasteiger partial charge is 0.307 e. The fourth-order valence-electron chi connectivity index (χ4n) is 1.87. The molecule has 0 aliphatic heterocycles. The molecule has 1 N–H and O–H groups in total. The lowest BCUT2D eigenvalue weighted by molar-refractivity contribution is -0.136. The summed E-state index contributed by atoms with van der Waals surface area (Å²) < 4.78 is 0. The number of aliphatic carboxylic acids is 1. The van der Waals surface area contributed by atoms with Crippen LogP contribution in [0.4, 0.5) is 0 Å². The van der Waals surface area contributed by atoms with E-state index in [1.165, 1.54) is 11.1 Å². The molecule has 0 aliphatic carbocycles. The van der Waals surface area contributed by atoms with Crippen molar-refractivity contribution in [3.63, 3.8) is 0 Å². The first-order valence-corrected chi connectivity index (χ1v) is 5.80. The Morgan fingerprint density at radius 3 is 2.61 bits per heavy atom. The summed E-state index contributed by atoms with van der Waals surface area (Å²) in [5.74, 6) is -0.837. The van der Waals surface area contributed by atoms with Gasteiger partial charge in [0.1, 0.15) is 0 Å². The summed E-state index contributed by atoms with van der Waals surface area (Å²) >= 11 is 0. The van der Waals surface area contributed by atoms with E-state index in [2.05, 4.69) is 23.2 Å². The Bertz CT molecular complexity index is 574. The van der Waals surface area contributed by atoms with Crippen molar-refractivity contribution in [2.75, 3.05) is 0 Å². The lowest BCUT2D eigenvalue weighted by atomic mass is 10.0. The van der Waals surface area contributed by atoms with Crippen LogP contribution in [-0.2, 0) is 11.2 Å². The molecule has 2 rings (SSSR count). The van der Waals surface area contributed by atoms with E-state index in [-0.39, 0.29) is 6.42 Å². The standard InChI is InChI=1S/C15H15NO2/c1-10-3-4-11(2)13(7-10)14-6-5-12(9-16-14)8-15(17)18/h3-7,9H,8H2,1-2H3,(H,17,18). The van der Waals surface area contributed by atoms with Crippen LogP contribution in [0.15, 0.2) is 36.5 Å². The number of nitrogens with zero attached hydrogens (tertiary/aromatic N) is 1. The third kappa shape index (κ3) is 2.74. The Balaban J connectivity index is 2.34. The summed E-state index contributed by atoms with van der Waals surface area (Å²) in [6, 6.07) is 9.92. The highest BCUT2D eigenvalue weighted by molar-refractivity contribution is 5.70. The molecule has 3 nitrogen and oxygen atoms in total. The van der Waals surface area contributed by atoms with Gasteiger partial charge in [0.05, 0.1) is 12.1 Å². The molecule has 0 spiro atoms. The molecule has 0 amide bonds. The number of aromatic nitrogens is 1. The molecule has 0 radical (unpaired) electrons. The highest BCUT2D eigenvalue weighted by atomic mass is 16.4. The van der Waals surface area contributed by atoms with Crippen LogP contribution in [0.3, 0.4) is 0 Å². The van der Waals surface area contributed by atoms with E-state index < -0.39 is 5.97 Å². The molecule has 0 unspecified atom stereocenters. The number of carboxylic acid groups (broad SMARTS) is 1. The molecule has 18 heavy (non-hydrogen) atoms. The first-order valence-electron chi connectivity index (χ1n) is 5.80. The number of pyridine rings is 1. The monoisotopic (exact) mass is 241 g/mol. The molecular formula is C15H15NO2. The van der Waals surface area contributed by atoms with Crippen LogP contribution in [0.25, 0.3) is 11.3 Å². The molecule has 1 aromatic carbocycles. The second kappa shape index (κ2) is 5.00. The van der Waals surface area contributed by atoms with Crippen LogP contribution in [0.5, 0.6) is 0 Å². The van der Waals surface area contributed by atoms with Crippen LogP contribution in [-0.4, -0.2) is 16.1 Å². The van der Waals surface area contributed by atoms with E-state index in [4.69, 9.17) is 5.11 Å². The van der Waals surface area contributed by atoms with Crippen molar-refractivity contribution in [2.45, 2.75) is 20.3 Å². The highest BCUT2D eigenvalue weighted by Gasteiger charge is 2.05. The predicted octanol–water partition coefficient (Wildman–Crippen LogP) is 2.99. The molecule has 0 fully saturated rings. The molecule has 1 aromatic heterocycles. The van der Waals surface area contributed by atoms with Crippen molar-refractivity contribution < 1.29 is 9.90 Å². The molecule has 0 saturated heterocycles. The molecule has 0 bridgehead atoms.